The van der Waals surface area contributed by atoms with Gasteiger partial charge < -0.3 is 0 Å². The van der Waals surface area contributed by atoms with Crippen LogP contribution in [0.15, 0.2) is 29.2 Å². The van der Waals surface area contributed by atoms with E-state index < -0.39 is 0 Å². The molecule has 1 radical (unpaired) electrons. The third-order valence-electron chi connectivity index (χ3n) is 0.777. The number of hydrogen-bond donors (Lipinski definition) is 0. The molecular formula is C6H4FS. The quantitative estimate of drug-likeness (QED) is 0.558. The maximum Gasteiger partial charge on any atom is 0.0812 e. The second-order valence-corrected chi connectivity index (χ2v) is 1.94. The molecule has 0 spiro atoms. The molecule has 0 fully saturated rings. The van der Waals surface area contributed by atoms with E-state index >= 15 is 0 Å². The number of halogens is 1. The average Bonchev–Trinajstić information content (AvgIpc) is 1.90. The van der Waals surface area contributed by atoms with E-state index in [0.29, 0.717) is 4.90 Å². The summed E-state index contributed by atoms with van der Waals surface area (Å²) in [6, 6.07) is 9.49. The van der Waals surface area contributed by atoms with Crippen molar-refractivity contribution >= 4 is 12.1 Å². The van der Waals surface area contributed by atoms with Crippen LogP contribution in [0.2, 0.25) is 0 Å². The summed E-state index contributed by atoms with van der Waals surface area (Å²) in [6.45, 7) is 0. The van der Waals surface area contributed by atoms with Crippen molar-refractivity contribution < 1.29 is 3.89 Å². The van der Waals surface area contributed by atoms with Gasteiger partial charge in [0.15, 0.2) is 0 Å². The van der Waals surface area contributed by atoms with Crippen LogP contribution in [0.25, 0.3) is 0 Å². The molecule has 0 amide bonds. The summed E-state index contributed by atoms with van der Waals surface area (Å²) in [7, 11) is 0. The molecule has 0 N–H and O–H groups in total. The molecule has 0 aliphatic carbocycles. The third-order valence-corrected chi connectivity index (χ3v) is 1.23. The molecule has 8 heavy (non-hydrogen) atoms. The van der Waals surface area contributed by atoms with Crippen LogP contribution in [-0.4, -0.2) is 0 Å². The van der Waals surface area contributed by atoms with Gasteiger partial charge in [0.25, 0.3) is 0 Å². The first-order valence-corrected chi connectivity index (χ1v) is 2.90. The first kappa shape index (κ1) is 5.63. The summed E-state index contributed by atoms with van der Waals surface area (Å²) in [6.07, 6.45) is 0. The Morgan fingerprint density at radius 1 is 1.38 bits per heavy atom. The molecule has 0 nitrogen and oxygen atoms in total. The molecule has 41 valence electrons. The van der Waals surface area contributed by atoms with E-state index in [9.17, 15) is 3.89 Å². The average molecular weight is 127 g/mol. The van der Waals surface area contributed by atoms with E-state index in [2.05, 4.69) is 6.07 Å². The summed E-state index contributed by atoms with van der Waals surface area (Å²) < 4.78 is 11.6. The van der Waals surface area contributed by atoms with Crippen LogP contribution in [0, 0.1) is 6.07 Å². The molecule has 2 heteroatoms. The van der Waals surface area contributed by atoms with Crippen LogP contribution in [0.3, 0.4) is 0 Å². The van der Waals surface area contributed by atoms with Gasteiger partial charge in [0.1, 0.15) is 0 Å². The van der Waals surface area contributed by atoms with Crippen LogP contribution in [0.5, 0.6) is 0 Å². The second-order valence-electron chi connectivity index (χ2n) is 1.31. The summed E-state index contributed by atoms with van der Waals surface area (Å²) in [5.41, 5.74) is 0. The lowest BCUT2D eigenvalue weighted by Crippen LogP contribution is -1.61. The molecule has 0 unspecified atom stereocenters. The van der Waals surface area contributed by atoms with Crippen molar-refractivity contribution in [2.45, 2.75) is 4.90 Å². The van der Waals surface area contributed by atoms with Crippen molar-refractivity contribution in [2.75, 3.05) is 0 Å². The van der Waals surface area contributed by atoms with Gasteiger partial charge in [0, 0.05) is 4.90 Å². The van der Waals surface area contributed by atoms with Crippen LogP contribution >= 0.6 is 12.1 Å². The fourth-order valence-corrected chi connectivity index (χ4v) is 0.662. The van der Waals surface area contributed by atoms with Crippen molar-refractivity contribution in [3.05, 3.63) is 30.3 Å². The third kappa shape index (κ3) is 1.23. The lowest BCUT2D eigenvalue weighted by molar-refractivity contribution is 0.934. The highest BCUT2D eigenvalue weighted by atomic mass is 32.2. The predicted octanol–water partition coefficient (Wildman–Crippen LogP) is 2.46. The van der Waals surface area contributed by atoms with Crippen molar-refractivity contribution in [1.82, 2.24) is 0 Å². The molecule has 1 rings (SSSR count). The first-order valence-electron chi connectivity index (χ1n) is 2.18. The zero-order valence-corrected chi connectivity index (χ0v) is 4.91. The Bertz CT molecular complexity index is 150. The predicted molar refractivity (Wildman–Crippen MR) is 32.2 cm³/mol. The van der Waals surface area contributed by atoms with Crippen molar-refractivity contribution in [3.8, 4) is 0 Å². The molecule has 0 aliphatic heterocycles. The molecule has 0 bridgehead atoms. The minimum atomic E-state index is 0.249. The van der Waals surface area contributed by atoms with Gasteiger partial charge in [-0.1, -0.05) is 12.1 Å². The van der Waals surface area contributed by atoms with Gasteiger partial charge in [-0.05, 0) is 18.2 Å². The van der Waals surface area contributed by atoms with Crippen LogP contribution < -0.4 is 0 Å². The van der Waals surface area contributed by atoms with Crippen LogP contribution in [0.4, 0.5) is 3.89 Å². The Morgan fingerprint density at radius 2 is 2.00 bits per heavy atom. The fourth-order valence-electron chi connectivity index (χ4n) is 0.423. The molecule has 0 saturated carbocycles. The molecule has 0 aliphatic rings. The van der Waals surface area contributed by atoms with Crippen molar-refractivity contribution in [3.63, 3.8) is 0 Å². The van der Waals surface area contributed by atoms with E-state index in [1.165, 1.54) is 0 Å². The smallest absolute Gasteiger partial charge is 0.0812 e. The second kappa shape index (κ2) is 2.72. The highest BCUT2D eigenvalue weighted by molar-refractivity contribution is 7.94. The highest BCUT2D eigenvalue weighted by Crippen LogP contribution is 2.16. The molecule has 0 aromatic heterocycles. The van der Waals surface area contributed by atoms with Gasteiger partial charge in [-0.25, -0.2) is 0 Å². The Kier molecular flexibility index (Phi) is 1.92. The minimum absolute atomic E-state index is 0.249. The maximum absolute atomic E-state index is 11.6. The van der Waals surface area contributed by atoms with Gasteiger partial charge in [-0.2, -0.15) is 3.89 Å². The Hall–Kier alpha value is -0.500. The largest absolute Gasteiger partial charge is 0.160 e. The topological polar surface area (TPSA) is 0 Å². The monoisotopic (exact) mass is 127 g/mol. The van der Waals surface area contributed by atoms with Gasteiger partial charge in [0.2, 0.25) is 0 Å². The number of rotatable bonds is 1. The molecule has 0 atom stereocenters. The summed E-state index contributed by atoms with van der Waals surface area (Å²) in [5, 5.41) is 0. The van der Waals surface area contributed by atoms with Gasteiger partial charge in [0.05, 0.1) is 12.1 Å². The van der Waals surface area contributed by atoms with E-state index in [4.69, 9.17) is 0 Å². The number of hydrogen-bond acceptors (Lipinski definition) is 1. The van der Waals surface area contributed by atoms with E-state index in [1.807, 2.05) is 0 Å². The lowest BCUT2D eigenvalue weighted by Gasteiger charge is -1.84. The normalized spacial score (nSPS) is 9.12. The van der Waals surface area contributed by atoms with Gasteiger partial charge >= 0.3 is 0 Å². The SMILES string of the molecule is FSc1cc[c]cc1. The minimum Gasteiger partial charge on any atom is -0.160 e. The zero-order chi connectivity index (χ0) is 5.82. The Labute approximate surface area is 52.0 Å². The van der Waals surface area contributed by atoms with Gasteiger partial charge in [-0.15, -0.1) is 0 Å². The van der Waals surface area contributed by atoms with Crippen LogP contribution in [-0.2, 0) is 0 Å². The molecule has 0 saturated heterocycles. The maximum atomic E-state index is 11.6. The van der Waals surface area contributed by atoms with E-state index in [-0.39, 0.29) is 12.1 Å². The Balaban J connectivity index is 2.83. The standard InChI is InChI=1S/C6H4FS/c7-8-6-4-2-1-3-5-6/h2-5H. The first-order chi connectivity index (χ1) is 3.93. The summed E-state index contributed by atoms with van der Waals surface area (Å²) in [4.78, 5) is 0.628. The van der Waals surface area contributed by atoms with E-state index in [0.717, 1.165) is 0 Å². The van der Waals surface area contributed by atoms with Gasteiger partial charge in [-0.3, -0.25) is 0 Å². The molecule has 0 heterocycles. The lowest BCUT2D eigenvalue weighted by atomic mass is 10.4. The molecule has 1 aromatic rings. The number of benzene rings is 1. The Morgan fingerprint density at radius 3 is 2.38 bits per heavy atom. The summed E-state index contributed by atoms with van der Waals surface area (Å²) in [5.74, 6) is 0. The van der Waals surface area contributed by atoms with Crippen LogP contribution in [0.1, 0.15) is 0 Å². The highest BCUT2D eigenvalue weighted by Gasteiger charge is 1.85. The van der Waals surface area contributed by atoms with E-state index in [1.54, 1.807) is 24.3 Å². The van der Waals surface area contributed by atoms with Crippen molar-refractivity contribution in [1.29, 1.82) is 0 Å². The molecular weight excluding hydrogens is 123 g/mol. The van der Waals surface area contributed by atoms with Crippen molar-refractivity contribution in [2.24, 2.45) is 0 Å². The fraction of sp³-hybridized carbons (Fsp3) is 0. The summed E-state index contributed by atoms with van der Waals surface area (Å²) >= 11 is 0.249. The zero-order valence-electron chi connectivity index (χ0n) is 4.10. The molecule has 1 aromatic carbocycles.